The van der Waals surface area contributed by atoms with Crippen molar-refractivity contribution in [3.05, 3.63) is 65.8 Å². The van der Waals surface area contributed by atoms with E-state index in [1.807, 2.05) is 25.3 Å². The van der Waals surface area contributed by atoms with Crippen LogP contribution in [0.3, 0.4) is 0 Å². The van der Waals surface area contributed by atoms with E-state index in [9.17, 15) is 0 Å². The lowest BCUT2D eigenvalue weighted by Gasteiger charge is -2.05. The Hall–Kier alpha value is -2.96. The number of nitrogens with one attached hydrogen (secondary N) is 2. The number of halogens is 1. The molecule has 0 aliphatic heterocycles. The Kier molecular flexibility index (Phi) is 3.81. The van der Waals surface area contributed by atoms with E-state index in [1.54, 1.807) is 30.1 Å². The number of aromatic amines is 2. The molecule has 4 heterocycles. The molecule has 5 aromatic rings. The van der Waals surface area contributed by atoms with Gasteiger partial charge in [-0.15, -0.1) is 11.3 Å². The molecule has 1 aromatic carbocycles. The van der Waals surface area contributed by atoms with Crippen LogP contribution < -0.4 is 0 Å². The molecule has 0 atom stereocenters. The SMILES string of the molecule is Cc1ccc(-c2cc(-c3ccnc4[nH]cnc34)sc2-c2ncc[nH]2)c(Cl)c1. The number of fused-ring (bicyclic) bond motifs is 1. The minimum atomic E-state index is 0.729. The summed E-state index contributed by atoms with van der Waals surface area (Å²) < 4.78 is 0. The Labute approximate surface area is 164 Å². The van der Waals surface area contributed by atoms with Crippen molar-refractivity contribution in [2.75, 3.05) is 0 Å². The van der Waals surface area contributed by atoms with Crippen molar-refractivity contribution in [2.45, 2.75) is 6.92 Å². The fourth-order valence-corrected chi connectivity index (χ4v) is 4.67. The van der Waals surface area contributed by atoms with Crippen molar-refractivity contribution in [2.24, 2.45) is 0 Å². The summed E-state index contributed by atoms with van der Waals surface area (Å²) in [7, 11) is 0. The van der Waals surface area contributed by atoms with Gasteiger partial charge in [-0.05, 0) is 30.7 Å². The second-order valence-electron chi connectivity index (χ2n) is 6.23. The molecule has 27 heavy (non-hydrogen) atoms. The normalized spacial score (nSPS) is 11.3. The summed E-state index contributed by atoms with van der Waals surface area (Å²) in [5, 5.41) is 0.729. The quantitative estimate of drug-likeness (QED) is 0.414. The summed E-state index contributed by atoms with van der Waals surface area (Å²) in [6, 6.07) is 10.3. The van der Waals surface area contributed by atoms with Crippen molar-refractivity contribution in [1.82, 2.24) is 24.9 Å². The zero-order valence-corrected chi connectivity index (χ0v) is 15.9. The lowest BCUT2D eigenvalue weighted by molar-refractivity contribution is 1.30. The smallest absolute Gasteiger partial charge is 0.157 e. The van der Waals surface area contributed by atoms with Gasteiger partial charge in [0.25, 0.3) is 0 Å². The van der Waals surface area contributed by atoms with Crippen molar-refractivity contribution in [3.8, 4) is 32.3 Å². The van der Waals surface area contributed by atoms with Crippen molar-refractivity contribution in [3.63, 3.8) is 0 Å². The van der Waals surface area contributed by atoms with E-state index in [-0.39, 0.29) is 0 Å². The van der Waals surface area contributed by atoms with E-state index < -0.39 is 0 Å². The van der Waals surface area contributed by atoms with E-state index >= 15 is 0 Å². The largest absolute Gasteiger partial charge is 0.344 e. The average molecular weight is 392 g/mol. The summed E-state index contributed by atoms with van der Waals surface area (Å²) in [5.41, 5.74) is 5.83. The fraction of sp³-hybridized carbons (Fsp3) is 0.0500. The summed E-state index contributed by atoms with van der Waals surface area (Å²) in [6.07, 6.45) is 7.04. The van der Waals surface area contributed by atoms with Gasteiger partial charge in [-0.2, -0.15) is 0 Å². The Morgan fingerprint density at radius 2 is 1.85 bits per heavy atom. The molecular formula is C20H14ClN5S. The van der Waals surface area contributed by atoms with Gasteiger partial charge in [0.05, 0.1) is 11.2 Å². The molecule has 0 fully saturated rings. The number of rotatable bonds is 3. The second-order valence-corrected chi connectivity index (χ2v) is 7.69. The van der Waals surface area contributed by atoms with E-state index in [0.717, 1.165) is 54.0 Å². The van der Waals surface area contributed by atoms with E-state index in [4.69, 9.17) is 11.6 Å². The molecule has 0 aliphatic rings. The standard InChI is InChI=1S/C20H14ClN5S/c1-11-2-3-12(15(21)8-11)14-9-16(27-18(14)20-23-6-7-24-20)13-4-5-22-19-17(13)25-10-26-19/h2-10H,1H3,(H,23,24)(H,22,25,26). The maximum absolute atomic E-state index is 6.58. The average Bonchev–Trinajstić information content (AvgIpc) is 3.40. The van der Waals surface area contributed by atoms with E-state index in [0.29, 0.717) is 0 Å². The molecule has 5 rings (SSSR count). The van der Waals surface area contributed by atoms with Crippen LogP contribution in [0, 0.1) is 6.92 Å². The van der Waals surface area contributed by atoms with Crippen LogP contribution in [0.1, 0.15) is 5.56 Å². The fourth-order valence-electron chi connectivity index (χ4n) is 3.17. The molecule has 0 amide bonds. The molecule has 0 unspecified atom stereocenters. The van der Waals surface area contributed by atoms with Crippen LogP contribution in [-0.2, 0) is 0 Å². The lowest BCUT2D eigenvalue weighted by Crippen LogP contribution is -1.83. The number of hydrogen-bond acceptors (Lipinski definition) is 4. The molecule has 0 spiro atoms. The number of nitrogens with zero attached hydrogens (tertiary/aromatic N) is 3. The summed E-state index contributed by atoms with van der Waals surface area (Å²) in [5.74, 6) is 0.824. The topological polar surface area (TPSA) is 70.2 Å². The highest BCUT2D eigenvalue weighted by Crippen LogP contribution is 2.45. The highest BCUT2D eigenvalue weighted by molar-refractivity contribution is 7.19. The minimum absolute atomic E-state index is 0.729. The summed E-state index contributed by atoms with van der Waals surface area (Å²) in [6.45, 7) is 2.04. The number of thiophene rings is 1. The highest BCUT2D eigenvalue weighted by Gasteiger charge is 2.19. The van der Waals surface area contributed by atoms with Crippen LogP contribution in [0.5, 0.6) is 0 Å². The van der Waals surface area contributed by atoms with E-state index in [2.05, 4.69) is 43.1 Å². The van der Waals surface area contributed by atoms with Crippen molar-refractivity contribution in [1.29, 1.82) is 0 Å². The third-order valence-corrected chi connectivity index (χ3v) is 5.93. The number of imidazole rings is 2. The number of pyridine rings is 1. The molecule has 5 nitrogen and oxygen atoms in total. The molecular weight excluding hydrogens is 378 g/mol. The lowest BCUT2D eigenvalue weighted by atomic mass is 10.0. The first-order valence-electron chi connectivity index (χ1n) is 8.39. The molecule has 0 saturated heterocycles. The Morgan fingerprint density at radius 1 is 0.926 bits per heavy atom. The van der Waals surface area contributed by atoms with Gasteiger partial charge in [-0.25, -0.2) is 15.0 Å². The second kappa shape index (κ2) is 6.33. The zero-order chi connectivity index (χ0) is 18.4. The van der Waals surface area contributed by atoms with Gasteiger partial charge in [0.15, 0.2) is 5.65 Å². The number of H-pyrrole nitrogens is 2. The van der Waals surface area contributed by atoms with Crippen molar-refractivity contribution >= 4 is 34.1 Å². The van der Waals surface area contributed by atoms with Gasteiger partial charge >= 0.3 is 0 Å². The van der Waals surface area contributed by atoms with Crippen LogP contribution in [0.2, 0.25) is 5.02 Å². The Balaban J connectivity index is 1.77. The zero-order valence-electron chi connectivity index (χ0n) is 14.3. The number of hydrogen-bond donors (Lipinski definition) is 2. The van der Waals surface area contributed by atoms with E-state index in [1.165, 1.54) is 0 Å². The third-order valence-electron chi connectivity index (χ3n) is 4.44. The number of aromatic nitrogens is 5. The third kappa shape index (κ3) is 2.74. The first-order chi connectivity index (χ1) is 13.2. The first-order valence-corrected chi connectivity index (χ1v) is 9.59. The van der Waals surface area contributed by atoms with Gasteiger partial charge in [0, 0.05) is 45.2 Å². The number of aryl methyl sites for hydroxylation is 1. The molecule has 0 bridgehead atoms. The molecule has 0 aliphatic carbocycles. The number of benzene rings is 1. The molecule has 132 valence electrons. The predicted octanol–water partition coefficient (Wildman–Crippen LogP) is 5.71. The summed E-state index contributed by atoms with van der Waals surface area (Å²) in [4.78, 5) is 21.6. The molecule has 0 radical (unpaired) electrons. The maximum Gasteiger partial charge on any atom is 0.157 e. The van der Waals surface area contributed by atoms with Gasteiger partial charge in [-0.1, -0.05) is 23.7 Å². The van der Waals surface area contributed by atoms with Crippen LogP contribution in [-0.4, -0.2) is 24.9 Å². The first kappa shape index (κ1) is 16.2. The highest BCUT2D eigenvalue weighted by atomic mass is 35.5. The summed E-state index contributed by atoms with van der Waals surface area (Å²) >= 11 is 8.24. The van der Waals surface area contributed by atoms with Crippen LogP contribution in [0.4, 0.5) is 0 Å². The minimum Gasteiger partial charge on any atom is -0.344 e. The molecule has 7 heteroatoms. The van der Waals surface area contributed by atoms with Gasteiger partial charge in [0.2, 0.25) is 0 Å². The predicted molar refractivity (Wildman–Crippen MR) is 110 cm³/mol. The molecule has 4 aromatic heterocycles. The van der Waals surface area contributed by atoms with Crippen LogP contribution in [0.15, 0.2) is 55.2 Å². The molecule has 2 N–H and O–H groups in total. The van der Waals surface area contributed by atoms with Crippen LogP contribution in [0.25, 0.3) is 43.4 Å². The van der Waals surface area contributed by atoms with Crippen LogP contribution >= 0.6 is 22.9 Å². The Morgan fingerprint density at radius 3 is 2.67 bits per heavy atom. The maximum atomic E-state index is 6.58. The Bertz CT molecular complexity index is 1250. The molecule has 0 saturated carbocycles. The van der Waals surface area contributed by atoms with Gasteiger partial charge < -0.3 is 9.97 Å². The van der Waals surface area contributed by atoms with Gasteiger partial charge in [-0.3, -0.25) is 0 Å². The monoisotopic (exact) mass is 391 g/mol. The van der Waals surface area contributed by atoms with Gasteiger partial charge in [0.1, 0.15) is 11.3 Å². The van der Waals surface area contributed by atoms with Crippen molar-refractivity contribution < 1.29 is 0 Å².